The Morgan fingerprint density at radius 3 is 2.67 bits per heavy atom. The van der Waals surface area contributed by atoms with E-state index in [1.54, 1.807) is 18.2 Å². The maximum absolute atomic E-state index is 13.1. The molecule has 0 fully saturated rings. The number of esters is 2. The fraction of sp³-hybridized carbons (Fsp3) is 0.269. The van der Waals surface area contributed by atoms with Gasteiger partial charge in [-0.05, 0) is 60.6 Å². The van der Waals surface area contributed by atoms with Crippen LogP contribution in [0.5, 0.6) is 0 Å². The van der Waals surface area contributed by atoms with Crippen molar-refractivity contribution in [2.24, 2.45) is 0 Å². The highest BCUT2D eigenvalue weighted by molar-refractivity contribution is 7.17. The highest BCUT2D eigenvalue weighted by Crippen LogP contribution is 2.39. The van der Waals surface area contributed by atoms with Gasteiger partial charge < -0.3 is 14.8 Å². The van der Waals surface area contributed by atoms with Crippen molar-refractivity contribution in [2.75, 3.05) is 12.4 Å². The lowest BCUT2D eigenvalue weighted by molar-refractivity contribution is 0.0252. The number of cyclic esters (lactones) is 1. The summed E-state index contributed by atoms with van der Waals surface area (Å²) in [6.07, 6.45) is 3.91. The van der Waals surface area contributed by atoms with Crippen molar-refractivity contribution >= 4 is 34.2 Å². The zero-order chi connectivity index (χ0) is 22.9. The minimum atomic E-state index is -0.427. The van der Waals surface area contributed by atoms with E-state index in [9.17, 15) is 14.4 Å². The molecule has 5 rings (SSSR count). The second kappa shape index (κ2) is 8.83. The molecule has 0 saturated carbocycles. The van der Waals surface area contributed by atoms with Crippen molar-refractivity contribution in [3.05, 3.63) is 86.8 Å². The standard InChI is InChI=1S/C26H23NO5S/c1-31-26(30)22-19-9-5-6-10-21(19)33-24(22)27-23(28)16-11-12-18-17(13-16)14-20(32-25(18)29)15-7-3-2-4-8-15/h2-4,7-8,11-13,20H,5-6,9-10,14H2,1H3,(H,27,28)/t20-/m0/s1. The first kappa shape index (κ1) is 21.4. The molecule has 0 spiro atoms. The molecule has 1 atom stereocenters. The van der Waals surface area contributed by atoms with Crippen LogP contribution in [0.15, 0.2) is 48.5 Å². The number of aryl methyl sites for hydroxylation is 1. The Kier molecular flexibility index (Phi) is 5.72. The number of hydrogen-bond donors (Lipinski definition) is 1. The number of carbonyl (C=O) groups excluding carboxylic acids is 3. The largest absolute Gasteiger partial charge is 0.465 e. The van der Waals surface area contributed by atoms with Crippen LogP contribution in [0.1, 0.15) is 71.6 Å². The van der Waals surface area contributed by atoms with Gasteiger partial charge in [-0.1, -0.05) is 30.3 Å². The van der Waals surface area contributed by atoms with E-state index in [-0.39, 0.29) is 12.0 Å². The van der Waals surface area contributed by atoms with Crippen LogP contribution < -0.4 is 5.32 Å². The van der Waals surface area contributed by atoms with Gasteiger partial charge in [-0.15, -0.1) is 11.3 Å². The van der Waals surface area contributed by atoms with Crippen molar-refractivity contribution in [1.29, 1.82) is 0 Å². The van der Waals surface area contributed by atoms with Gasteiger partial charge >= 0.3 is 11.9 Å². The molecule has 2 aromatic carbocycles. The molecule has 2 heterocycles. The Hall–Kier alpha value is -3.45. The molecule has 1 amide bonds. The topological polar surface area (TPSA) is 81.7 Å². The molecule has 1 aromatic heterocycles. The zero-order valence-electron chi connectivity index (χ0n) is 18.2. The number of anilines is 1. The number of hydrogen-bond acceptors (Lipinski definition) is 6. The molecule has 7 heteroatoms. The average Bonchev–Trinajstić information content (AvgIpc) is 3.21. The summed E-state index contributed by atoms with van der Waals surface area (Å²) in [7, 11) is 1.35. The second-order valence-corrected chi connectivity index (χ2v) is 9.35. The summed E-state index contributed by atoms with van der Waals surface area (Å²) in [6, 6.07) is 14.6. The number of rotatable bonds is 4. The van der Waals surface area contributed by atoms with Crippen molar-refractivity contribution in [1.82, 2.24) is 0 Å². The highest BCUT2D eigenvalue weighted by Gasteiger charge is 2.30. The van der Waals surface area contributed by atoms with Crippen LogP contribution in [0.2, 0.25) is 0 Å². The van der Waals surface area contributed by atoms with E-state index >= 15 is 0 Å². The second-order valence-electron chi connectivity index (χ2n) is 8.24. The van der Waals surface area contributed by atoms with Crippen molar-refractivity contribution < 1.29 is 23.9 Å². The van der Waals surface area contributed by atoms with Crippen molar-refractivity contribution in [3.63, 3.8) is 0 Å². The van der Waals surface area contributed by atoms with Gasteiger partial charge in [0.2, 0.25) is 0 Å². The molecule has 0 bridgehead atoms. The van der Waals surface area contributed by atoms with Crippen molar-refractivity contribution in [2.45, 2.75) is 38.2 Å². The fourth-order valence-corrected chi connectivity index (χ4v) is 5.81. The smallest absolute Gasteiger partial charge is 0.341 e. The molecule has 3 aromatic rings. The Morgan fingerprint density at radius 2 is 1.88 bits per heavy atom. The van der Waals surface area contributed by atoms with E-state index in [0.29, 0.717) is 28.1 Å². The number of thiophene rings is 1. The van der Waals surface area contributed by atoms with Gasteiger partial charge in [-0.25, -0.2) is 9.59 Å². The van der Waals surface area contributed by atoms with E-state index < -0.39 is 11.9 Å². The number of amides is 1. The lowest BCUT2D eigenvalue weighted by Crippen LogP contribution is -2.23. The predicted molar refractivity (Wildman–Crippen MR) is 125 cm³/mol. The van der Waals surface area contributed by atoms with Crippen LogP contribution in [-0.4, -0.2) is 25.0 Å². The van der Waals surface area contributed by atoms with Gasteiger partial charge in [0.15, 0.2) is 0 Å². The number of carbonyl (C=O) groups is 3. The third-order valence-electron chi connectivity index (χ3n) is 6.20. The molecule has 1 aliphatic heterocycles. The lowest BCUT2D eigenvalue weighted by atomic mass is 9.93. The van der Waals surface area contributed by atoms with Crippen LogP contribution in [0, 0.1) is 0 Å². The fourth-order valence-electron chi connectivity index (χ4n) is 4.54. The third kappa shape index (κ3) is 4.04. The molecular weight excluding hydrogens is 438 g/mol. The van der Waals surface area contributed by atoms with Gasteiger partial charge in [-0.2, -0.15) is 0 Å². The van der Waals surface area contributed by atoms with Crippen LogP contribution >= 0.6 is 11.3 Å². The first-order chi connectivity index (χ1) is 16.0. The lowest BCUT2D eigenvalue weighted by Gasteiger charge is -2.25. The Morgan fingerprint density at radius 1 is 1.09 bits per heavy atom. The normalized spacial score (nSPS) is 16.9. The maximum Gasteiger partial charge on any atom is 0.341 e. The van der Waals surface area contributed by atoms with E-state index in [1.165, 1.54) is 18.4 Å². The third-order valence-corrected chi connectivity index (χ3v) is 7.41. The Labute approximate surface area is 195 Å². The van der Waals surface area contributed by atoms with Crippen LogP contribution in [0.25, 0.3) is 0 Å². The monoisotopic (exact) mass is 461 g/mol. The van der Waals surface area contributed by atoms with E-state index in [0.717, 1.165) is 47.3 Å². The summed E-state index contributed by atoms with van der Waals surface area (Å²) in [5.74, 6) is -1.14. The molecular formula is C26H23NO5S. The molecule has 2 aliphatic rings. The summed E-state index contributed by atoms with van der Waals surface area (Å²) in [5, 5.41) is 3.45. The number of ether oxygens (including phenoxy) is 2. The quantitative estimate of drug-likeness (QED) is 0.546. The van der Waals surface area contributed by atoms with Crippen LogP contribution in [0.4, 0.5) is 5.00 Å². The summed E-state index contributed by atoms with van der Waals surface area (Å²) in [5.41, 5.74) is 4.05. The number of nitrogens with one attached hydrogen (secondary N) is 1. The van der Waals surface area contributed by atoms with Gasteiger partial charge in [0.05, 0.1) is 18.2 Å². The number of methoxy groups -OCH3 is 1. The minimum Gasteiger partial charge on any atom is -0.465 e. The summed E-state index contributed by atoms with van der Waals surface area (Å²) < 4.78 is 10.6. The van der Waals surface area contributed by atoms with E-state index in [1.807, 2.05) is 30.3 Å². The van der Waals surface area contributed by atoms with Crippen LogP contribution in [0.3, 0.4) is 0 Å². The van der Waals surface area contributed by atoms with Gasteiger partial charge in [0.25, 0.3) is 5.91 Å². The van der Waals surface area contributed by atoms with Crippen LogP contribution in [-0.2, 0) is 28.7 Å². The van der Waals surface area contributed by atoms with Gasteiger partial charge in [0.1, 0.15) is 11.1 Å². The molecule has 0 unspecified atom stereocenters. The highest BCUT2D eigenvalue weighted by atomic mass is 32.1. The first-order valence-electron chi connectivity index (χ1n) is 11.0. The zero-order valence-corrected chi connectivity index (χ0v) is 19.0. The molecule has 6 nitrogen and oxygen atoms in total. The minimum absolute atomic E-state index is 0.322. The SMILES string of the molecule is COC(=O)c1c(NC(=O)c2ccc3c(c2)C[C@@H](c2ccccc2)OC3=O)sc2c1CCCC2. The summed E-state index contributed by atoms with van der Waals surface area (Å²) >= 11 is 1.45. The van der Waals surface area contributed by atoms with E-state index in [2.05, 4.69) is 5.32 Å². The first-order valence-corrected chi connectivity index (χ1v) is 11.8. The molecule has 1 N–H and O–H groups in total. The maximum atomic E-state index is 13.1. The molecule has 0 radical (unpaired) electrons. The molecule has 1 aliphatic carbocycles. The number of fused-ring (bicyclic) bond motifs is 2. The summed E-state index contributed by atoms with van der Waals surface area (Å²) in [6.45, 7) is 0. The molecule has 168 valence electrons. The number of benzene rings is 2. The van der Waals surface area contributed by atoms with E-state index in [4.69, 9.17) is 9.47 Å². The van der Waals surface area contributed by atoms with Gasteiger partial charge in [-0.3, -0.25) is 4.79 Å². The van der Waals surface area contributed by atoms with Crippen molar-refractivity contribution in [3.8, 4) is 0 Å². The Balaban J connectivity index is 1.43. The average molecular weight is 462 g/mol. The Bertz CT molecular complexity index is 1250. The summed E-state index contributed by atoms with van der Waals surface area (Å²) in [4.78, 5) is 39.3. The van der Waals surface area contributed by atoms with Gasteiger partial charge in [0, 0.05) is 16.9 Å². The molecule has 0 saturated heterocycles. The predicted octanol–water partition coefficient (Wildman–Crippen LogP) is 5.12. The molecule has 33 heavy (non-hydrogen) atoms.